The van der Waals surface area contributed by atoms with Crippen molar-refractivity contribution in [3.8, 4) is 0 Å². The molecule has 0 bridgehead atoms. The standard InChI is InChI=1S/C8H11N/c1-2-4-8-7(3-1)5-6-9-8/h1,3-4,7,9H,2,5-6H2. The molecule has 0 aromatic carbocycles. The predicted molar refractivity (Wildman–Crippen MR) is 37.9 cm³/mol. The van der Waals surface area contributed by atoms with Crippen molar-refractivity contribution in [3.05, 3.63) is 23.9 Å². The van der Waals surface area contributed by atoms with Crippen molar-refractivity contribution in [3.63, 3.8) is 0 Å². The highest BCUT2D eigenvalue weighted by molar-refractivity contribution is 5.21. The lowest BCUT2D eigenvalue weighted by molar-refractivity contribution is 0.782. The van der Waals surface area contributed by atoms with Crippen molar-refractivity contribution in [1.82, 2.24) is 5.32 Å². The van der Waals surface area contributed by atoms with Crippen molar-refractivity contribution in [2.24, 2.45) is 5.92 Å². The zero-order valence-electron chi connectivity index (χ0n) is 5.43. The SMILES string of the molecule is C1=CC2CCNC2=CC1. The van der Waals surface area contributed by atoms with E-state index < -0.39 is 0 Å². The summed E-state index contributed by atoms with van der Waals surface area (Å²) in [7, 11) is 0. The number of fused-ring (bicyclic) bond motifs is 1. The van der Waals surface area contributed by atoms with Crippen LogP contribution >= 0.6 is 0 Å². The summed E-state index contributed by atoms with van der Waals surface area (Å²) in [6.45, 7) is 1.17. The molecule has 2 rings (SSSR count). The lowest BCUT2D eigenvalue weighted by atomic mass is 10.00. The Kier molecular flexibility index (Phi) is 1.08. The fourth-order valence-corrected chi connectivity index (χ4v) is 1.52. The highest BCUT2D eigenvalue weighted by Gasteiger charge is 2.18. The highest BCUT2D eigenvalue weighted by atomic mass is 14.9. The summed E-state index contributed by atoms with van der Waals surface area (Å²) in [5, 5.41) is 3.37. The summed E-state index contributed by atoms with van der Waals surface area (Å²) < 4.78 is 0. The molecular formula is C8H11N. The Balaban J connectivity index is 2.22. The van der Waals surface area contributed by atoms with Gasteiger partial charge in [0.1, 0.15) is 0 Å². The van der Waals surface area contributed by atoms with Gasteiger partial charge in [-0.25, -0.2) is 0 Å². The lowest BCUT2D eigenvalue weighted by Gasteiger charge is -2.08. The van der Waals surface area contributed by atoms with E-state index in [1.165, 1.54) is 18.7 Å². The Labute approximate surface area is 55.5 Å². The van der Waals surface area contributed by atoms with E-state index in [-0.39, 0.29) is 0 Å². The van der Waals surface area contributed by atoms with Gasteiger partial charge >= 0.3 is 0 Å². The van der Waals surface area contributed by atoms with Gasteiger partial charge in [-0.2, -0.15) is 0 Å². The van der Waals surface area contributed by atoms with E-state index in [4.69, 9.17) is 0 Å². The van der Waals surface area contributed by atoms with E-state index >= 15 is 0 Å². The van der Waals surface area contributed by atoms with Crippen LogP contribution in [0.4, 0.5) is 0 Å². The van der Waals surface area contributed by atoms with E-state index in [1.54, 1.807) is 0 Å². The molecule has 0 aromatic heterocycles. The number of rotatable bonds is 0. The summed E-state index contributed by atoms with van der Waals surface area (Å²) >= 11 is 0. The molecule has 1 heteroatoms. The highest BCUT2D eigenvalue weighted by Crippen LogP contribution is 2.23. The fraction of sp³-hybridized carbons (Fsp3) is 0.500. The molecule has 1 unspecified atom stereocenters. The van der Waals surface area contributed by atoms with Crippen molar-refractivity contribution in [2.45, 2.75) is 12.8 Å². The van der Waals surface area contributed by atoms with E-state index in [2.05, 4.69) is 23.5 Å². The molecule has 1 N–H and O–H groups in total. The molecule has 0 amide bonds. The van der Waals surface area contributed by atoms with Crippen molar-refractivity contribution in [1.29, 1.82) is 0 Å². The van der Waals surface area contributed by atoms with Crippen LogP contribution in [0.3, 0.4) is 0 Å². The Morgan fingerprint density at radius 3 is 3.44 bits per heavy atom. The van der Waals surface area contributed by atoms with Gasteiger partial charge in [-0.05, 0) is 12.8 Å². The summed E-state index contributed by atoms with van der Waals surface area (Å²) in [6, 6.07) is 0. The smallest absolute Gasteiger partial charge is 0.0180 e. The molecule has 48 valence electrons. The second-order valence-electron chi connectivity index (χ2n) is 2.65. The number of allylic oxidation sites excluding steroid dienone is 3. The van der Waals surface area contributed by atoms with Gasteiger partial charge in [0.25, 0.3) is 0 Å². The molecular weight excluding hydrogens is 110 g/mol. The molecule has 1 atom stereocenters. The van der Waals surface area contributed by atoms with Crippen LogP contribution in [0.5, 0.6) is 0 Å². The van der Waals surface area contributed by atoms with Gasteiger partial charge in [0.15, 0.2) is 0 Å². The third-order valence-electron chi connectivity index (χ3n) is 2.03. The molecule has 1 aliphatic heterocycles. The minimum absolute atomic E-state index is 0.735. The van der Waals surface area contributed by atoms with E-state index in [0.29, 0.717) is 0 Å². The molecule has 1 saturated heterocycles. The topological polar surface area (TPSA) is 12.0 Å². The van der Waals surface area contributed by atoms with Gasteiger partial charge in [-0.1, -0.05) is 18.2 Å². The molecule has 2 aliphatic rings. The average Bonchev–Trinajstić information content (AvgIpc) is 2.33. The van der Waals surface area contributed by atoms with Crippen LogP contribution in [-0.4, -0.2) is 6.54 Å². The molecule has 0 spiro atoms. The summed E-state index contributed by atoms with van der Waals surface area (Å²) in [5.41, 5.74) is 1.46. The quantitative estimate of drug-likeness (QED) is 0.478. The lowest BCUT2D eigenvalue weighted by Crippen LogP contribution is -2.07. The summed E-state index contributed by atoms with van der Waals surface area (Å²) in [5.74, 6) is 0.735. The van der Waals surface area contributed by atoms with E-state index in [9.17, 15) is 0 Å². The Bertz CT molecular complexity index is 167. The monoisotopic (exact) mass is 121 g/mol. The third-order valence-corrected chi connectivity index (χ3v) is 2.03. The van der Waals surface area contributed by atoms with Gasteiger partial charge in [0.2, 0.25) is 0 Å². The first-order valence-electron chi connectivity index (χ1n) is 3.57. The van der Waals surface area contributed by atoms with Crippen LogP contribution in [0, 0.1) is 5.92 Å². The van der Waals surface area contributed by atoms with Crippen LogP contribution in [0.15, 0.2) is 23.9 Å². The van der Waals surface area contributed by atoms with Crippen molar-refractivity contribution >= 4 is 0 Å². The minimum Gasteiger partial charge on any atom is -0.388 e. The number of nitrogens with one attached hydrogen (secondary N) is 1. The second-order valence-corrected chi connectivity index (χ2v) is 2.65. The zero-order valence-corrected chi connectivity index (χ0v) is 5.43. The van der Waals surface area contributed by atoms with Crippen LogP contribution < -0.4 is 5.32 Å². The first-order chi connectivity index (χ1) is 4.47. The van der Waals surface area contributed by atoms with Gasteiger partial charge in [0.05, 0.1) is 0 Å². The molecule has 0 radical (unpaired) electrons. The van der Waals surface area contributed by atoms with Crippen LogP contribution in [0.25, 0.3) is 0 Å². The van der Waals surface area contributed by atoms with Gasteiger partial charge in [0, 0.05) is 18.2 Å². The maximum Gasteiger partial charge on any atom is 0.0180 e. The molecule has 1 aliphatic carbocycles. The predicted octanol–water partition coefficient (Wildman–Crippen LogP) is 1.44. The van der Waals surface area contributed by atoms with Crippen LogP contribution in [0.1, 0.15) is 12.8 Å². The molecule has 0 aromatic rings. The molecule has 1 heterocycles. The van der Waals surface area contributed by atoms with Crippen molar-refractivity contribution in [2.75, 3.05) is 6.54 Å². The molecule has 1 fully saturated rings. The normalized spacial score (nSPS) is 31.1. The molecule has 1 nitrogen and oxygen atoms in total. The first kappa shape index (κ1) is 5.10. The van der Waals surface area contributed by atoms with Crippen LogP contribution in [0.2, 0.25) is 0 Å². The van der Waals surface area contributed by atoms with Gasteiger partial charge < -0.3 is 5.32 Å². The number of hydrogen-bond acceptors (Lipinski definition) is 1. The first-order valence-corrected chi connectivity index (χ1v) is 3.57. The maximum absolute atomic E-state index is 3.37. The molecule has 9 heavy (non-hydrogen) atoms. The fourth-order valence-electron chi connectivity index (χ4n) is 1.52. The summed E-state index contributed by atoms with van der Waals surface area (Å²) in [4.78, 5) is 0. The van der Waals surface area contributed by atoms with Gasteiger partial charge in [-0.15, -0.1) is 0 Å². The zero-order chi connectivity index (χ0) is 6.10. The minimum atomic E-state index is 0.735. The van der Waals surface area contributed by atoms with Crippen molar-refractivity contribution < 1.29 is 0 Å². The second kappa shape index (κ2) is 1.90. The largest absolute Gasteiger partial charge is 0.388 e. The average molecular weight is 121 g/mol. The van der Waals surface area contributed by atoms with Crippen LogP contribution in [-0.2, 0) is 0 Å². The maximum atomic E-state index is 3.37. The Morgan fingerprint density at radius 1 is 1.56 bits per heavy atom. The number of hydrogen-bond donors (Lipinski definition) is 1. The van der Waals surface area contributed by atoms with Gasteiger partial charge in [-0.3, -0.25) is 0 Å². The Morgan fingerprint density at radius 2 is 2.56 bits per heavy atom. The van der Waals surface area contributed by atoms with E-state index in [0.717, 1.165) is 12.3 Å². The third kappa shape index (κ3) is 0.766. The Hall–Kier alpha value is -0.720. The summed E-state index contributed by atoms with van der Waals surface area (Å²) in [6.07, 6.45) is 9.27. The van der Waals surface area contributed by atoms with E-state index in [1.807, 2.05) is 0 Å². The molecule has 0 saturated carbocycles.